The van der Waals surface area contributed by atoms with Crippen molar-refractivity contribution < 1.29 is 14.6 Å². The summed E-state index contributed by atoms with van der Waals surface area (Å²) in [7, 11) is 0. The molecule has 2 aliphatic carbocycles. The molecule has 3 aliphatic rings. The number of aliphatic hydroxyl groups excluding tert-OH is 1. The lowest BCUT2D eigenvalue weighted by Gasteiger charge is -2.41. The van der Waals surface area contributed by atoms with E-state index in [1.807, 2.05) is 38.1 Å². The summed E-state index contributed by atoms with van der Waals surface area (Å²) in [4.78, 5) is 22.3. The van der Waals surface area contributed by atoms with Gasteiger partial charge in [0.2, 0.25) is 0 Å². The van der Waals surface area contributed by atoms with Crippen LogP contribution in [0.25, 0.3) is 5.78 Å². The SMILES string of the molecule is Cc1cc(C)n2nc(CC3=C(O)C[C@](CCc4ccc(C5(C#N)CC5)c(Cl)c4)(C4CCCC4)OC3=O)nc2n1. The summed E-state index contributed by atoms with van der Waals surface area (Å²) in [5, 5.41) is 25.9. The van der Waals surface area contributed by atoms with Crippen LogP contribution in [0.4, 0.5) is 0 Å². The minimum absolute atomic E-state index is 0.0657. The Morgan fingerprint density at radius 1 is 1.21 bits per heavy atom. The van der Waals surface area contributed by atoms with Gasteiger partial charge in [-0.25, -0.2) is 14.3 Å². The monoisotopic (exact) mass is 545 g/mol. The Morgan fingerprint density at radius 2 is 1.97 bits per heavy atom. The third kappa shape index (κ3) is 4.67. The molecule has 39 heavy (non-hydrogen) atoms. The molecule has 0 amide bonds. The minimum atomic E-state index is -0.766. The maximum absolute atomic E-state index is 13.4. The number of hydrogen-bond acceptors (Lipinski definition) is 7. The molecule has 8 nitrogen and oxygen atoms in total. The predicted octanol–water partition coefficient (Wildman–Crippen LogP) is 5.81. The van der Waals surface area contributed by atoms with Crippen LogP contribution in [0.15, 0.2) is 35.6 Å². The van der Waals surface area contributed by atoms with E-state index in [0.29, 0.717) is 29.5 Å². The van der Waals surface area contributed by atoms with Gasteiger partial charge in [-0.05, 0) is 81.5 Å². The number of aliphatic hydroxyl groups is 1. The normalized spacial score (nSPS) is 22.8. The Balaban J connectivity index is 1.24. The molecule has 6 rings (SSSR count). The number of aromatic nitrogens is 4. The van der Waals surface area contributed by atoms with Crippen molar-refractivity contribution in [2.45, 2.75) is 89.1 Å². The van der Waals surface area contributed by atoms with Crippen molar-refractivity contribution in [2.24, 2.45) is 5.92 Å². The third-order valence-corrected chi connectivity index (χ3v) is 9.12. The summed E-state index contributed by atoms with van der Waals surface area (Å²) >= 11 is 6.60. The van der Waals surface area contributed by atoms with E-state index in [2.05, 4.69) is 21.1 Å². The predicted molar refractivity (Wildman–Crippen MR) is 145 cm³/mol. The quantitative estimate of drug-likeness (QED) is 0.372. The standard InChI is InChI=1S/C30H32ClN5O3/c1-18-13-19(2)36-28(33-18)34-26(35-36)15-22-25(37)16-30(39-27(22)38,21-5-3-4-6-21)10-9-20-7-8-23(24(31)14-20)29(17-32)11-12-29/h7-8,13-14,21,37H,3-6,9-12,15-16H2,1-2H3/t30-/m1/s1. The molecule has 1 atom stereocenters. The van der Waals surface area contributed by atoms with Crippen LogP contribution in [0.1, 0.15) is 79.7 Å². The fourth-order valence-electron chi connectivity index (χ4n) is 6.45. The topological polar surface area (TPSA) is 113 Å². The Morgan fingerprint density at radius 3 is 2.64 bits per heavy atom. The van der Waals surface area contributed by atoms with Gasteiger partial charge in [-0.2, -0.15) is 10.2 Å². The molecule has 0 saturated heterocycles. The second-order valence-corrected chi connectivity index (χ2v) is 11.9. The van der Waals surface area contributed by atoms with Gasteiger partial charge >= 0.3 is 5.97 Å². The molecule has 0 radical (unpaired) electrons. The molecular weight excluding hydrogens is 514 g/mol. The van der Waals surface area contributed by atoms with E-state index in [-0.39, 0.29) is 30.1 Å². The number of benzene rings is 1. The minimum Gasteiger partial charge on any atom is -0.512 e. The number of hydrogen-bond donors (Lipinski definition) is 1. The number of nitrogens with zero attached hydrogens (tertiary/aromatic N) is 5. The lowest BCUT2D eigenvalue weighted by molar-refractivity contribution is -0.167. The first-order chi connectivity index (χ1) is 18.7. The fraction of sp³-hybridized carbons (Fsp3) is 0.500. The van der Waals surface area contributed by atoms with E-state index in [1.165, 1.54) is 0 Å². The zero-order valence-electron chi connectivity index (χ0n) is 22.3. The van der Waals surface area contributed by atoms with Crippen LogP contribution < -0.4 is 0 Å². The third-order valence-electron chi connectivity index (χ3n) is 8.80. The van der Waals surface area contributed by atoms with Gasteiger partial charge in [-0.1, -0.05) is 36.6 Å². The smallest absolute Gasteiger partial charge is 0.338 e. The van der Waals surface area contributed by atoms with E-state index in [9.17, 15) is 15.2 Å². The molecule has 9 heteroatoms. The van der Waals surface area contributed by atoms with Gasteiger partial charge < -0.3 is 9.84 Å². The zero-order valence-corrected chi connectivity index (χ0v) is 23.1. The maximum atomic E-state index is 13.4. The summed E-state index contributed by atoms with van der Waals surface area (Å²) < 4.78 is 7.92. The molecule has 2 saturated carbocycles. The maximum Gasteiger partial charge on any atom is 0.338 e. The largest absolute Gasteiger partial charge is 0.512 e. The van der Waals surface area contributed by atoms with Crippen molar-refractivity contribution in [3.05, 3.63) is 69.0 Å². The second-order valence-electron chi connectivity index (χ2n) is 11.5. The van der Waals surface area contributed by atoms with Crippen molar-refractivity contribution in [1.29, 1.82) is 5.26 Å². The van der Waals surface area contributed by atoms with Crippen LogP contribution >= 0.6 is 11.6 Å². The molecule has 3 heterocycles. The molecule has 202 valence electrons. The van der Waals surface area contributed by atoms with Gasteiger partial charge in [0.1, 0.15) is 11.4 Å². The van der Waals surface area contributed by atoms with E-state index >= 15 is 0 Å². The summed E-state index contributed by atoms with van der Waals surface area (Å²) in [6, 6.07) is 10.3. The number of aryl methyl sites for hydroxylation is 3. The summed E-state index contributed by atoms with van der Waals surface area (Å²) in [6.07, 6.45) is 7.44. The molecule has 3 aromatic rings. The highest BCUT2D eigenvalue weighted by molar-refractivity contribution is 6.31. The Bertz CT molecular complexity index is 1540. The lowest BCUT2D eigenvalue weighted by atomic mass is 9.76. The van der Waals surface area contributed by atoms with Crippen LogP contribution in [0, 0.1) is 31.1 Å². The molecule has 0 unspecified atom stereocenters. The number of nitriles is 1. The summed E-state index contributed by atoms with van der Waals surface area (Å²) in [5.74, 6) is 0.651. The number of cyclic esters (lactones) is 1. The van der Waals surface area contributed by atoms with E-state index in [0.717, 1.165) is 61.0 Å². The number of esters is 1. The Hall–Kier alpha value is -3.44. The van der Waals surface area contributed by atoms with Crippen molar-refractivity contribution in [2.75, 3.05) is 0 Å². The van der Waals surface area contributed by atoms with Crippen LogP contribution in [0.3, 0.4) is 0 Å². The number of carbonyl (C=O) groups is 1. The van der Waals surface area contributed by atoms with E-state index in [4.69, 9.17) is 16.3 Å². The van der Waals surface area contributed by atoms with Crippen molar-refractivity contribution in [3.8, 4) is 6.07 Å². The van der Waals surface area contributed by atoms with E-state index in [1.54, 1.807) is 4.52 Å². The molecule has 1 aromatic carbocycles. The molecule has 1 N–H and O–H groups in total. The molecule has 0 bridgehead atoms. The average molecular weight is 546 g/mol. The van der Waals surface area contributed by atoms with Crippen molar-refractivity contribution >= 4 is 23.3 Å². The highest BCUT2D eigenvalue weighted by atomic mass is 35.5. The highest BCUT2D eigenvalue weighted by Gasteiger charge is 2.49. The van der Waals surface area contributed by atoms with Crippen molar-refractivity contribution in [3.63, 3.8) is 0 Å². The van der Waals surface area contributed by atoms with Crippen molar-refractivity contribution in [1.82, 2.24) is 19.6 Å². The van der Waals surface area contributed by atoms with Gasteiger partial charge in [-0.15, -0.1) is 5.10 Å². The molecule has 1 aliphatic heterocycles. The molecule has 2 aromatic heterocycles. The Labute approximate surface area is 232 Å². The zero-order chi connectivity index (χ0) is 27.4. The van der Waals surface area contributed by atoms with Gasteiger partial charge in [0.05, 0.1) is 17.1 Å². The molecular formula is C30H32ClN5O3. The first-order valence-electron chi connectivity index (χ1n) is 13.8. The number of ether oxygens (including phenoxy) is 1. The number of halogens is 1. The Kier molecular flexibility index (Phi) is 6.38. The van der Waals surface area contributed by atoms with Gasteiger partial charge in [-0.3, -0.25) is 0 Å². The summed E-state index contributed by atoms with van der Waals surface area (Å²) in [5.41, 5.74) is 2.69. The second kappa shape index (κ2) is 9.63. The van der Waals surface area contributed by atoms with Crippen LogP contribution in [0.2, 0.25) is 5.02 Å². The molecule has 2 fully saturated rings. The van der Waals surface area contributed by atoms with Gasteiger partial charge in [0, 0.05) is 29.3 Å². The first kappa shape index (κ1) is 25.8. The highest BCUT2D eigenvalue weighted by Crippen LogP contribution is 2.50. The fourth-order valence-corrected chi connectivity index (χ4v) is 6.84. The summed E-state index contributed by atoms with van der Waals surface area (Å²) in [6.45, 7) is 3.82. The van der Waals surface area contributed by atoms with Crippen LogP contribution in [0.5, 0.6) is 0 Å². The van der Waals surface area contributed by atoms with E-state index < -0.39 is 17.0 Å². The van der Waals surface area contributed by atoms with Crippen LogP contribution in [-0.2, 0) is 27.8 Å². The lowest BCUT2D eigenvalue weighted by Crippen LogP contribution is -2.46. The first-order valence-corrected chi connectivity index (χ1v) is 14.1. The van der Waals surface area contributed by atoms with Gasteiger partial charge in [0.25, 0.3) is 5.78 Å². The van der Waals surface area contributed by atoms with Gasteiger partial charge in [0.15, 0.2) is 5.82 Å². The van der Waals surface area contributed by atoms with Crippen LogP contribution in [-0.4, -0.2) is 36.3 Å². The number of carbonyl (C=O) groups excluding carboxylic acids is 1. The molecule has 0 spiro atoms. The number of fused-ring (bicyclic) bond motifs is 1. The number of rotatable bonds is 7. The average Bonchev–Trinajstić information content (AvgIpc) is 3.28.